The number of halogens is 1. The molecule has 0 radical (unpaired) electrons. The molecule has 0 fully saturated rings. The van der Waals surface area contributed by atoms with Crippen LogP contribution in [-0.2, 0) is 0 Å². The van der Waals surface area contributed by atoms with E-state index in [1.165, 1.54) is 0 Å². The van der Waals surface area contributed by atoms with Crippen molar-refractivity contribution >= 4 is 33.0 Å². The standard InChI is InChI=1S/C9H7BrN2S/c10-8-5-13-9(12-8)6-2-1-3-7(11)4-6/h1-5H,11H2. The van der Waals surface area contributed by atoms with Gasteiger partial charge in [-0.3, -0.25) is 0 Å². The Morgan fingerprint density at radius 3 is 2.85 bits per heavy atom. The minimum atomic E-state index is 0.767. The number of hydrogen-bond donors (Lipinski definition) is 1. The maximum absolute atomic E-state index is 5.67. The maximum atomic E-state index is 5.67. The smallest absolute Gasteiger partial charge is 0.124 e. The number of rotatable bonds is 1. The normalized spacial score (nSPS) is 10.2. The Hall–Kier alpha value is -0.870. The molecule has 1 aromatic carbocycles. The van der Waals surface area contributed by atoms with Crippen molar-refractivity contribution in [2.24, 2.45) is 0 Å². The van der Waals surface area contributed by atoms with Crippen molar-refractivity contribution in [2.45, 2.75) is 0 Å². The first-order chi connectivity index (χ1) is 6.25. The van der Waals surface area contributed by atoms with Crippen molar-refractivity contribution in [3.63, 3.8) is 0 Å². The molecule has 4 heteroatoms. The Bertz CT molecular complexity index is 425. The molecule has 0 aliphatic heterocycles. The van der Waals surface area contributed by atoms with E-state index in [2.05, 4.69) is 20.9 Å². The van der Waals surface area contributed by atoms with E-state index in [1.54, 1.807) is 11.3 Å². The highest BCUT2D eigenvalue weighted by Crippen LogP contribution is 2.26. The molecular weight excluding hydrogens is 248 g/mol. The fourth-order valence-electron chi connectivity index (χ4n) is 1.06. The van der Waals surface area contributed by atoms with E-state index in [-0.39, 0.29) is 0 Å². The van der Waals surface area contributed by atoms with Gasteiger partial charge in [-0.2, -0.15) is 0 Å². The van der Waals surface area contributed by atoms with Gasteiger partial charge in [0, 0.05) is 16.6 Å². The van der Waals surface area contributed by atoms with E-state index < -0.39 is 0 Å². The van der Waals surface area contributed by atoms with Gasteiger partial charge in [0.25, 0.3) is 0 Å². The Kier molecular flexibility index (Phi) is 2.33. The second-order valence-corrected chi connectivity index (χ2v) is 4.27. The number of hydrogen-bond acceptors (Lipinski definition) is 3. The molecule has 1 heterocycles. The summed E-state index contributed by atoms with van der Waals surface area (Å²) in [6.45, 7) is 0. The highest BCUT2D eigenvalue weighted by Gasteiger charge is 2.02. The number of thiazole rings is 1. The number of nitrogen functional groups attached to an aromatic ring is 1. The van der Waals surface area contributed by atoms with Crippen molar-refractivity contribution in [1.29, 1.82) is 0 Å². The van der Waals surface area contributed by atoms with E-state index in [9.17, 15) is 0 Å². The van der Waals surface area contributed by atoms with Gasteiger partial charge in [-0.15, -0.1) is 11.3 Å². The van der Waals surface area contributed by atoms with Gasteiger partial charge in [-0.1, -0.05) is 12.1 Å². The molecule has 2 aromatic rings. The third-order valence-electron chi connectivity index (χ3n) is 1.61. The van der Waals surface area contributed by atoms with Gasteiger partial charge < -0.3 is 5.73 Å². The molecule has 0 amide bonds. The van der Waals surface area contributed by atoms with Crippen LogP contribution < -0.4 is 5.73 Å². The van der Waals surface area contributed by atoms with Gasteiger partial charge in [0.2, 0.25) is 0 Å². The molecule has 1 aromatic heterocycles. The van der Waals surface area contributed by atoms with Crippen LogP contribution in [0.25, 0.3) is 10.6 Å². The van der Waals surface area contributed by atoms with Crippen molar-refractivity contribution in [1.82, 2.24) is 4.98 Å². The fraction of sp³-hybridized carbons (Fsp3) is 0. The first kappa shape index (κ1) is 8.72. The first-order valence-electron chi connectivity index (χ1n) is 3.72. The first-order valence-corrected chi connectivity index (χ1v) is 5.40. The number of nitrogens with two attached hydrogens (primary N) is 1. The quantitative estimate of drug-likeness (QED) is 0.795. The number of aromatic nitrogens is 1. The minimum Gasteiger partial charge on any atom is -0.399 e. The summed E-state index contributed by atoms with van der Waals surface area (Å²) < 4.78 is 0.870. The Balaban J connectivity index is 2.46. The van der Waals surface area contributed by atoms with Crippen LogP contribution in [0.4, 0.5) is 5.69 Å². The number of benzene rings is 1. The van der Waals surface area contributed by atoms with E-state index in [4.69, 9.17) is 5.73 Å². The van der Waals surface area contributed by atoms with E-state index >= 15 is 0 Å². The highest BCUT2D eigenvalue weighted by atomic mass is 79.9. The molecule has 66 valence electrons. The summed E-state index contributed by atoms with van der Waals surface area (Å²) in [7, 11) is 0. The van der Waals surface area contributed by atoms with Crippen molar-refractivity contribution < 1.29 is 0 Å². The third kappa shape index (κ3) is 1.89. The van der Waals surface area contributed by atoms with Crippen molar-refractivity contribution in [2.75, 3.05) is 5.73 Å². The minimum absolute atomic E-state index is 0.767. The number of anilines is 1. The zero-order chi connectivity index (χ0) is 9.26. The summed E-state index contributed by atoms with van der Waals surface area (Å²) in [5, 5.41) is 2.94. The number of nitrogens with zero attached hydrogens (tertiary/aromatic N) is 1. The monoisotopic (exact) mass is 254 g/mol. The molecule has 0 spiro atoms. The van der Waals surface area contributed by atoms with Gasteiger partial charge in [-0.25, -0.2) is 4.98 Å². The molecule has 0 saturated heterocycles. The zero-order valence-electron chi connectivity index (χ0n) is 6.70. The lowest BCUT2D eigenvalue weighted by molar-refractivity contribution is 1.36. The topological polar surface area (TPSA) is 38.9 Å². The molecule has 0 atom stereocenters. The van der Waals surface area contributed by atoms with Crippen LogP contribution in [0.2, 0.25) is 0 Å². The molecule has 0 bridgehead atoms. The van der Waals surface area contributed by atoms with Crippen LogP contribution in [0.15, 0.2) is 34.2 Å². The van der Waals surface area contributed by atoms with Crippen molar-refractivity contribution in [3.8, 4) is 10.6 Å². The lowest BCUT2D eigenvalue weighted by atomic mass is 10.2. The molecule has 2 nitrogen and oxygen atoms in total. The molecule has 0 saturated carbocycles. The van der Waals surface area contributed by atoms with Crippen LogP contribution in [0.3, 0.4) is 0 Å². The molecule has 0 unspecified atom stereocenters. The molecule has 2 N–H and O–H groups in total. The summed E-state index contributed by atoms with van der Waals surface area (Å²) >= 11 is 4.91. The molecule has 2 rings (SSSR count). The highest BCUT2D eigenvalue weighted by molar-refractivity contribution is 9.10. The molecule has 0 aliphatic rings. The SMILES string of the molecule is Nc1cccc(-c2nc(Br)cs2)c1. The summed E-state index contributed by atoms with van der Waals surface area (Å²) in [4.78, 5) is 4.30. The predicted octanol–water partition coefficient (Wildman–Crippen LogP) is 3.15. The van der Waals surface area contributed by atoms with Crippen LogP contribution in [0.1, 0.15) is 0 Å². The summed E-state index contributed by atoms with van der Waals surface area (Å²) in [5.41, 5.74) is 7.50. The Labute approximate surface area is 88.6 Å². The van der Waals surface area contributed by atoms with Gasteiger partial charge >= 0.3 is 0 Å². The second kappa shape index (κ2) is 3.47. The summed E-state index contributed by atoms with van der Waals surface area (Å²) in [6, 6.07) is 7.72. The van der Waals surface area contributed by atoms with Crippen LogP contribution in [0.5, 0.6) is 0 Å². The summed E-state index contributed by atoms with van der Waals surface area (Å²) in [6.07, 6.45) is 0. The van der Waals surface area contributed by atoms with Crippen LogP contribution >= 0.6 is 27.3 Å². The largest absolute Gasteiger partial charge is 0.399 e. The average molecular weight is 255 g/mol. The lowest BCUT2D eigenvalue weighted by Crippen LogP contribution is -1.84. The van der Waals surface area contributed by atoms with Crippen LogP contribution in [-0.4, -0.2) is 4.98 Å². The second-order valence-electron chi connectivity index (χ2n) is 2.60. The zero-order valence-corrected chi connectivity index (χ0v) is 9.10. The average Bonchev–Trinajstić information content (AvgIpc) is 2.52. The fourth-order valence-corrected chi connectivity index (χ4v) is 2.31. The third-order valence-corrected chi connectivity index (χ3v) is 3.21. The van der Waals surface area contributed by atoms with Gasteiger partial charge in [-0.05, 0) is 28.1 Å². The molecule has 13 heavy (non-hydrogen) atoms. The van der Waals surface area contributed by atoms with Gasteiger partial charge in [0.05, 0.1) is 0 Å². The Morgan fingerprint density at radius 1 is 1.38 bits per heavy atom. The maximum Gasteiger partial charge on any atom is 0.124 e. The van der Waals surface area contributed by atoms with Gasteiger partial charge in [0.15, 0.2) is 0 Å². The summed E-state index contributed by atoms with van der Waals surface area (Å²) in [5.74, 6) is 0. The van der Waals surface area contributed by atoms with E-state index in [1.807, 2.05) is 29.6 Å². The molecular formula is C9H7BrN2S. The predicted molar refractivity (Wildman–Crippen MR) is 59.7 cm³/mol. The van der Waals surface area contributed by atoms with Crippen LogP contribution in [0, 0.1) is 0 Å². The Morgan fingerprint density at radius 2 is 2.23 bits per heavy atom. The molecule has 0 aliphatic carbocycles. The lowest BCUT2D eigenvalue weighted by Gasteiger charge is -1.96. The van der Waals surface area contributed by atoms with Gasteiger partial charge in [0.1, 0.15) is 9.61 Å². The van der Waals surface area contributed by atoms with E-state index in [0.29, 0.717) is 0 Å². The van der Waals surface area contributed by atoms with E-state index in [0.717, 1.165) is 20.9 Å². The van der Waals surface area contributed by atoms with Crippen molar-refractivity contribution in [3.05, 3.63) is 34.2 Å².